The maximum Gasteiger partial charge on any atom is 0.243 e. The van der Waals surface area contributed by atoms with E-state index in [4.69, 9.17) is 0 Å². The van der Waals surface area contributed by atoms with Crippen molar-refractivity contribution in [2.75, 3.05) is 17.2 Å². The number of benzene rings is 2. The number of anilines is 2. The number of amides is 1. The first-order chi connectivity index (χ1) is 10.3. The van der Waals surface area contributed by atoms with Gasteiger partial charge in [-0.15, -0.1) is 0 Å². The van der Waals surface area contributed by atoms with Gasteiger partial charge in [-0.1, -0.05) is 43.7 Å². The highest BCUT2D eigenvalue weighted by atomic mass is 16.1. The first-order valence-corrected chi connectivity index (χ1v) is 7.45. The molecule has 0 unspecified atom stereocenters. The van der Waals surface area contributed by atoms with Gasteiger partial charge in [0.15, 0.2) is 0 Å². The van der Waals surface area contributed by atoms with Gasteiger partial charge in [0, 0.05) is 11.4 Å². The number of para-hydroxylation sites is 1. The van der Waals surface area contributed by atoms with Crippen LogP contribution < -0.4 is 10.6 Å². The number of nitrogens with one attached hydrogen (secondary N) is 2. The van der Waals surface area contributed by atoms with Crippen molar-refractivity contribution in [3.05, 3.63) is 60.2 Å². The Balaban J connectivity index is 1.79. The summed E-state index contributed by atoms with van der Waals surface area (Å²) >= 11 is 0. The van der Waals surface area contributed by atoms with Crippen LogP contribution >= 0.6 is 0 Å². The minimum atomic E-state index is -0.0415. The van der Waals surface area contributed by atoms with Crippen molar-refractivity contribution in [2.24, 2.45) is 0 Å². The predicted octanol–water partition coefficient (Wildman–Crippen LogP) is 4.08. The number of hydrogen-bond donors (Lipinski definition) is 2. The third-order valence-electron chi connectivity index (χ3n) is 3.28. The molecule has 2 aromatic carbocycles. The molecule has 3 nitrogen and oxygen atoms in total. The average molecular weight is 282 g/mol. The zero-order valence-corrected chi connectivity index (χ0v) is 12.4. The Kier molecular flexibility index (Phi) is 5.83. The Morgan fingerprint density at radius 1 is 0.952 bits per heavy atom. The second-order valence-corrected chi connectivity index (χ2v) is 5.07. The summed E-state index contributed by atoms with van der Waals surface area (Å²) in [4.78, 5) is 11.9. The lowest BCUT2D eigenvalue weighted by atomic mass is 10.1. The van der Waals surface area contributed by atoms with E-state index < -0.39 is 0 Å². The predicted molar refractivity (Wildman–Crippen MR) is 88.6 cm³/mol. The Bertz CT molecular complexity index is 549. The molecule has 0 saturated carbocycles. The summed E-state index contributed by atoms with van der Waals surface area (Å²) in [6, 6.07) is 17.8. The molecule has 110 valence electrons. The number of carbonyl (C=O) groups is 1. The van der Waals surface area contributed by atoms with Crippen molar-refractivity contribution in [1.82, 2.24) is 0 Å². The molecule has 0 saturated heterocycles. The minimum Gasteiger partial charge on any atom is -0.376 e. The molecule has 1 amide bonds. The highest BCUT2D eigenvalue weighted by Crippen LogP contribution is 2.12. The Labute approximate surface area is 126 Å². The molecule has 2 rings (SSSR count). The minimum absolute atomic E-state index is 0.0415. The average Bonchev–Trinajstić information content (AvgIpc) is 2.53. The van der Waals surface area contributed by atoms with Crippen molar-refractivity contribution < 1.29 is 4.79 Å². The van der Waals surface area contributed by atoms with Crippen LogP contribution in [-0.2, 0) is 11.2 Å². The maximum absolute atomic E-state index is 11.9. The lowest BCUT2D eigenvalue weighted by Crippen LogP contribution is -2.21. The molecule has 2 aromatic rings. The van der Waals surface area contributed by atoms with E-state index in [0.29, 0.717) is 0 Å². The van der Waals surface area contributed by atoms with Crippen LogP contribution in [0.1, 0.15) is 25.3 Å². The zero-order chi connectivity index (χ0) is 14.9. The summed E-state index contributed by atoms with van der Waals surface area (Å²) in [6.07, 6.45) is 3.50. The molecule has 0 aliphatic rings. The molecular formula is C18H22N2O. The van der Waals surface area contributed by atoms with Gasteiger partial charge in [-0.3, -0.25) is 4.79 Å². The normalized spacial score (nSPS) is 10.1. The quantitative estimate of drug-likeness (QED) is 0.803. The van der Waals surface area contributed by atoms with Gasteiger partial charge in [-0.05, 0) is 42.7 Å². The van der Waals surface area contributed by atoms with Crippen molar-refractivity contribution >= 4 is 17.3 Å². The summed E-state index contributed by atoms with van der Waals surface area (Å²) in [5.41, 5.74) is 3.11. The molecule has 0 atom stereocenters. The molecule has 0 bridgehead atoms. The molecule has 0 aliphatic heterocycles. The highest BCUT2D eigenvalue weighted by molar-refractivity contribution is 5.93. The van der Waals surface area contributed by atoms with Crippen molar-refractivity contribution in [1.29, 1.82) is 0 Å². The van der Waals surface area contributed by atoms with Crippen LogP contribution in [0, 0.1) is 0 Å². The SMILES string of the molecule is CCCCc1ccc(NC(=O)CNc2ccccc2)cc1. The van der Waals surface area contributed by atoms with Crippen molar-refractivity contribution in [3.63, 3.8) is 0 Å². The first kappa shape index (κ1) is 15.1. The molecule has 0 heterocycles. The van der Waals surface area contributed by atoms with Gasteiger partial charge in [0.25, 0.3) is 0 Å². The third kappa shape index (κ3) is 5.30. The number of carbonyl (C=O) groups excluding carboxylic acids is 1. The molecule has 0 aromatic heterocycles. The molecule has 0 fully saturated rings. The van der Waals surface area contributed by atoms with Crippen LogP contribution in [0.25, 0.3) is 0 Å². The van der Waals surface area contributed by atoms with E-state index in [2.05, 4.69) is 29.7 Å². The lowest BCUT2D eigenvalue weighted by Gasteiger charge is -2.08. The van der Waals surface area contributed by atoms with Gasteiger partial charge in [-0.2, -0.15) is 0 Å². The second-order valence-electron chi connectivity index (χ2n) is 5.07. The van der Waals surface area contributed by atoms with Crippen LogP contribution in [0.15, 0.2) is 54.6 Å². The molecule has 0 spiro atoms. The molecule has 3 heteroatoms. The van der Waals surface area contributed by atoms with Crippen molar-refractivity contribution in [2.45, 2.75) is 26.2 Å². The van der Waals surface area contributed by atoms with E-state index >= 15 is 0 Å². The molecule has 21 heavy (non-hydrogen) atoms. The maximum atomic E-state index is 11.9. The largest absolute Gasteiger partial charge is 0.376 e. The molecule has 2 N–H and O–H groups in total. The van der Waals surface area contributed by atoms with Crippen LogP contribution in [0.3, 0.4) is 0 Å². The number of rotatable bonds is 7. The molecule has 0 aliphatic carbocycles. The van der Waals surface area contributed by atoms with Gasteiger partial charge >= 0.3 is 0 Å². The Morgan fingerprint density at radius 3 is 2.33 bits per heavy atom. The summed E-state index contributed by atoms with van der Waals surface area (Å²) < 4.78 is 0. The fourth-order valence-electron chi connectivity index (χ4n) is 2.08. The first-order valence-electron chi connectivity index (χ1n) is 7.45. The second kappa shape index (κ2) is 8.10. The van der Waals surface area contributed by atoms with Gasteiger partial charge in [0.1, 0.15) is 0 Å². The summed E-state index contributed by atoms with van der Waals surface area (Å²) in [5, 5.41) is 5.99. The fourth-order valence-corrected chi connectivity index (χ4v) is 2.08. The highest BCUT2D eigenvalue weighted by Gasteiger charge is 2.02. The monoisotopic (exact) mass is 282 g/mol. The zero-order valence-electron chi connectivity index (χ0n) is 12.4. The lowest BCUT2D eigenvalue weighted by molar-refractivity contribution is -0.114. The number of aryl methyl sites for hydroxylation is 1. The van der Waals surface area contributed by atoms with Crippen LogP contribution in [0.5, 0.6) is 0 Å². The number of hydrogen-bond acceptors (Lipinski definition) is 2. The van der Waals surface area contributed by atoms with Gasteiger partial charge in [0.05, 0.1) is 6.54 Å². The standard InChI is InChI=1S/C18H22N2O/c1-2-3-7-15-10-12-17(13-11-15)20-18(21)14-19-16-8-5-4-6-9-16/h4-6,8-13,19H,2-3,7,14H2,1H3,(H,20,21). The van der Waals surface area contributed by atoms with Crippen molar-refractivity contribution in [3.8, 4) is 0 Å². The van der Waals surface area contributed by atoms with E-state index in [9.17, 15) is 4.79 Å². The third-order valence-corrected chi connectivity index (χ3v) is 3.28. The van der Waals surface area contributed by atoms with E-state index in [-0.39, 0.29) is 12.5 Å². The van der Waals surface area contributed by atoms with Crippen LogP contribution in [-0.4, -0.2) is 12.5 Å². The summed E-state index contributed by atoms with van der Waals surface area (Å²) in [7, 11) is 0. The summed E-state index contributed by atoms with van der Waals surface area (Å²) in [5.74, 6) is -0.0415. The van der Waals surface area contributed by atoms with Crippen LogP contribution in [0.4, 0.5) is 11.4 Å². The van der Waals surface area contributed by atoms with E-state index in [0.717, 1.165) is 17.8 Å². The smallest absolute Gasteiger partial charge is 0.243 e. The Morgan fingerprint density at radius 2 is 1.67 bits per heavy atom. The van der Waals surface area contributed by atoms with Gasteiger partial charge in [0.2, 0.25) is 5.91 Å². The van der Waals surface area contributed by atoms with Gasteiger partial charge < -0.3 is 10.6 Å². The van der Waals surface area contributed by atoms with E-state index in [1.165, 1.54) is 18.4 Å². The molecule has 0 radical (unpaired) electrons. The Hall–Kier alpha value is -2.29. The molecular weight excluding hydrogens is 260 g/mol. The summed E-state index contributed by atoms with van der Waals surface area (Å²) in [6.45, 7) is 2.45. The van der Waals surface area contributed by atoms with Gasteiger partial charge in [-0.25, -0.2) is 0 Å². The van der Waals surface area contributed by atoms with E-state index in [1.807, 2.05) is 42.5 Å². The topological polar surface area (TPSA) is 41.1 Å². The van der Waals surface area contributed by atoms with E-state index in [1.54, 1.807) is 0 Å². The fraction of sp³-hybridized carbons (Fsp3) is 0.278. The van der Waals surface area contributed by atoms with Crippen LogP contribution in [0.2, 0.25) is 0 Å². The number of unbranched alkanes of at least 4 members (excludes halogenated alkanes) is 1.